The maximum atomic E-state index is 13.4. The van der Waals surface area contributed by atoms with Crippen LogP contribution in [0.2, 0.25) is 0 Å². The van der Waals surface area contributed by atoms with Gasteiger partial charge in [-0.3, -0.25) is 14.6 Å². The quantitative estimate of drug-likeness (QED) is 0.438. The summed E-state index contributed by atoms with van der Waals surface area (Å²) in [6.07, 6.45) is 4.30. The van der Waals surface area contributed by atoms with E-state index in [0.717, 1.165) is 34.0 Å². The average Bonchev–Trinajstić information content (AvgIpc) is 3.12. The zero-order valence-corrected chi connectivity index (χ0v) is 17.7. The summed E-state index contributed by atoms with van der Waals surface area (Å²) in [6, 6.07) is 19.5. The highest BCUT2D eigenvalue weighted by atomic mass is 16.1. The topological polar surface area (TPSA) is 64.0 Å². The molecule has 0 unspecified atom stereocenters. The number of fused-ring (bicyclic) bond motifs is 1. The average molecular weight is 412 g/mol. The van der Waals surface area contributed by atoms with E-state index in [1.54, 1.807) is 18.5 Å². The van der Waals surface area contributed by atoms with Gasteiger partial charge in [0.15, 0.2) is 0 Å². The standard InChI is InChI=1S/C26H25N3O2/c1-18(2)25-24(26(31)28-15-21-9-6-12-27-14-21)22-11-10-20(17-30)13-23(22)29(25)16-19-7-4-3-5-8-19/h3-14,17-18H,15-16H2,1-2H3,(H,28,31). The first kappa shape index (κ1) is 20.5. The summed E-state index contributed by atoms with van der Waals surface area (Å²) in [6.45, 7) is 5.22. The maximum absolute atomic E-state index is 13.4. The number of nitrogens with zero attached hydrogens (tertiary/aromatic N) is 2. The molecule has 4 rings (SSSR count). The first-order valence-electron chi connectivity index (χ1n) is 10.4. The van der Waals surface area contributed by atoms with Gasteiger partial charge in [-0.25, -0.2) is 0 Å². The third-order valence-corrected chi connectivity index (χ3v) is 5.40. The smallest absolute Gasteiger partial charge is 0.254 e. The van der Waals surface area contributed by atoms with Gasteiger partial charge in [-0.2, -0.15) is 0 Å². The normalized spacial score (nSPS) is 11.1. The fraction of sp³-hybridized carbons (Fsp3) is 0.192. The lowest BCUT2D eigenvalue weighted by molar-refractivity contribution is 0.0950. The van der Waals surface area contributed by atoms with E-state index < -0.39 is 0 Å². The fourth-order valence-corrected chi connectivity index (χ4v) is 4.01. The lowest BCUT2D eigenvalue weighted by Gasteiger charge is -2.15. The molecule has 5 nitrogen and oxygen atoms in total. The minimum Gasteiger partial charge on any atom is -0.348 e. The van der Waals surface area contributed by atoms with Crippen LogP contribution < -0.4 is 5.32 Å². The Labute approximate surface area is 181 Å². The number of carbonyl (C=O) groups excluding carboxylic acids is 2. The summed E-state index contributed by atoms with van der Waals surface area (Å²) in [7, 11) is 0. The molecule has 2 aromatic heterocycles. The molecule has 0 fully saturated rings. The van der Waals surface area contributed by atoms with Gasteiger partial charge in [0.1, 0.15) is 6.29 Å². The van der Waals surface area contributed by atoms with E-state index in [0.29, 0.717) is 24.2 Å². The number of pyridine rings is 1. The highest BCUT2D eigenvalue weighted by molar-refractivity contribution is 6.09. The molecule has 2 heterocycles. The third kappa shape index (κ3) is 4.26. The zero-order chi connectivity index (χ0) is 21.8. The molecule has 2 aromatic carbocycles. The second-order valence-corrected chi connectivity index (χ2v) is 7.93. The summed E-state index contributed by atoms with van der Waals surface area (Å²) >= 11 is 0. The van der Waals surface area contributed by atoms with Gasteiger partial charge in [-0.05, 0) is 29.2 Å². The molecular formula is C26H25N3O2. The molecule has 0 spiro atoms. The predicted octanol–water partition coefficient (Wildman–Crippen LogP) is 4.95. The van der Waals surface area contributed by atoms with Crippen molar-refractivity contribution in [3.05, 3.63) is 101 Å². The second kappa shape index (κ2) is 8.96. The molecule has 1 amide bonds. The second-order valence-electron chi connectivity index (χ2n) is 7.93. The van der Waals surface area contributed by atoms with Crippen LogP contribution in [0.15, 0.2) is 73.1 Å². The van der Waals surface area contributed by atoms with Crippen molar-refractivity contribution in [3.63, 3.8) is 0 Å². The van der Waals surface area contributed by atoms with Crippen molar-refractivity contribution in [3.8, 4) is 0 Å². The summed E-state index contributed by atoms with van der Waals surface area (Å²) in [5.74, 6) is -0.00171. The highest BCUT2D eigenvalue weighted by Gasteiger charge is 2.24. The van der Waals surface area contributed by atoms with Crippen LogP contribution in [0.1, 0.15) is 57.3 Å². The molecule has 0 atom stereocenters. The predicted molar refractivity (Wildman–Crippen MR) is 122 cm³/mol. The molecule has 156 valence electrons. The molecule has 1 N–H and O–H groups in total. The Morgan fingerprint density at radius 1 is 1.06 bits per heavy atom. The Hall–Kier alpha value is -3.73. The minimum atomic E-state index is -0.122. The van der Waals surface area contributed by atoms with Crippen LogP contribution in [-0.2, 0) is 13.1 Å². The molecule has 5 heteroatoms. The zero-order valence-electron chi connectivity index (χ0n) is 17.7. The summed E-state index contributed by atoms with van der Waals surface area (Å²) < 4.78 is 2.17. The van der Waals surface area contributed by atoms with Crippen LogP contribution in [0, 0.1) is 0 Å². The Bertz CT molecular complexity index is 1210. The number of aldehydes is 1. The summed E-state index contributed by atoms with van der Waals surface area (Å²) in [5, 5.41) is 3.90. The minimum absolute atomic E-state index is 0.120. The van der Waals surface area contributed by atoms with Crippen LogP contribution in [0.4, 0.5) is 0 Å². The van der Waals surface area contributed by atoms with Crippen LogP contribution in [0.3, 0.4) is 0 Å². The van der Waals surface area contributed by atoms with Crippen LogP contribution >= 0.6 is 0 Å². The van der Waals surface area contributed by atoms with Crippen LogP contribution in [0.5, 0.6) is 0 Å². The molecule has 0 aliphatic carbocycles. The number of amides is 1. The van der Waals surface area contributed by atoms with Gasteiger partial charge in [0, 0.05) is 42.1 Å². The summed E-state index contributed by atoms with van der Waals surface area (Å²) in [5.41, 5.74) is 5.20. The third-order valence-electron chi connectivity index (χ3n) is 5.40. The van der Waals surface area contributed by atoms with E-state index in [-0.39, 0.29) is 11.8 Å². The molecular weight excluding hydrogens is 386 g/mol. The van der Waals surface area contributed by atoms with Crippen molar-refractivity contribution >= 4 is 23.1 Å². The number of benzene rings is 2. The van der Waals surface area contributed by atoms with Gasteiger partial charge < -0.3 is 9.88 Å². The molecule has 0 aliphatic heterocycles. The molecule has 0 radical (unpaired) electrons. The van der Waals surface area contributed by atoms with Crippen LogP contribution in [-0.4, -0.2) is 21.7 Å². The molecule has 4 aromatic rings. The first-order valence-corrected chi connectivity index (χ1v) is 10.4. The van der Waals surface area contributed by atoms with Gasteiger partial charge >= 0.3 is 0 Å². The van der Waals surface area contributed by atoms with Crippen molar-refractivity contribution < 1.29 is 9.59 Å². The fourth-order valence-electron chi connectivity index (χ4n) is 4.01. The Morgan fingerprint density at radius 2 is 1.84 bits per heavy atom. The van der Waals surface area contributed by atoms with Gasteiger partial charge in [-0.1, -0.05) is 62.4 Å². The summed E-state index contributed by atoms with van der Waals surface area (Å²) in [4.78, 5) is 28.9. The van der Waals surface area contributed by atoms with Gasteiger partial charge in [0.25, 0.3) is 5.91 Å². The Balaban J connectivity index is 1.82. The SMILES string of the molecule is CC(C)c1c(C(=O)NCc2cccnc2)c2ccc(C=O)cc2n1Cc1ccccc1. The van der Waals surface area contributed by atoms with Crippen LogP contribution in [0.25, 0.3) is 10.9 Å². The van der Waals surface area contributed by atoms with E-state index in [9.17, 15) is 9.59 Å². The van der Waals surface area contributed by atoms with E-state index in [1.165, 1.54) is 0 Å². The lowest BCUT2D eigenvalue weighted by atomic mass is 10.0. The van der Waals surface area contributed by atoms with E-state index in [1.807, 2.05) is 42.5 Å². The van der Waals surface area contributed by atoms with E-state index in [4.69, 9.17) is 0 Å². The van der Waals surface area contributed by atoms with Gasteiger partial charge in [-0.15, -0.1) is 0 Å². The number of carbonyl (C=O) groups is 2. The van der Waals surface area contributed by atoms with Crippen molar-refractivity contribution in [2.24, 2.45) is 0 Å². The molecule has 0 saturated heterocycles. The number of rotatable bonds is 7. The van der Waals surface area contributed by atoms with Crippen molar-refractivity contribution in [2.45, 2.75) is 32.9 Å². The Kier molecular flexibility index (Phi) is 5.94. The molecule has 31 heavy (non-hydrogen) atoms. The maximum Gasteiger partial charge on any atom is 0.254 e. The number of aromatic nitrogens is 2. The molecule has 0 aliphatic rings. The first-order chi connectivity index (χ1) is 15.1. The van der Waals surface area contributed by atoms with Gasteiger partial charge in [0.2, 0.25) is 0 Å². The van der Waals surface area contributed by atoms with Crippen molar-refractivity contribution in [1.82, 2.24) is 14.9 Å². The highest BCUT2D eigenvalue weighted by Crippen LogP contribution is 2.33. The van der Waals surface area contributed by atoms with Crippen molar-refractivity contribution in [2.75, 3.05) is 0 Å². The Morgan fingerprint density at radius 3 is 2.52 bits per heavy atom. The van der Waals surface area contributed by atoms with Crippen molar-refractivity contribution in [1.29, 1.82) is 0 Å². The molecule has 0 saturated carbocycles. The number of hydrogen-bond donors (Lipinski definition) is 1. The van der Waals surface area contributed by atoms with E-state index >= 15 is 0 Å². The van der Waals surface area contributed by atoms with E-state index in [2.05, 4.69) is 40.8 Å². The monoisotopic (exact) mass is 411 g/mol. The lowest BCUT2D eigenvalue weighted by Crippen LogP contribution is -2.24. The molecule has 0 bridgehead atoms. The van der Waals surface area contributed by atoms with Gasteiger partial charge in [0.05, 0.1) is 11.1 Å². The largest absolute Gasteiger partial charge is 0.348 e. The number of hydrogen-bond acceptors (Lipinski definition) is 3. The number of nitrogens with one attached hydrogen (secondary N) is 1.